The molecule has 0 fully saturated rings. The van der Waals surface area contributed by atoms with Gasteiger partial charge in [-0.15, -0.1) is 11.3 Å². The topological polar surface area (TPSA) is 51.0 Å². The molecule has 1 aliphatic heterocycles. The monoisotopic (exact) mass is 318 g/mol. The third kappa shape index (κ3) is 3.13. The van der Waals surface area contributed by atoms with Gasteiger partial charge in [-0.2, -0.15) is 5.10 Å². The Balaban J connectivity index is 1.74. The molecule has 0 saturated carbocycles. The molecule has 2 aromatic rings. The molecule has 3 rings (SSSR count). The van der Waals surface area contributed by atoms with E-state index in [0.29, 0.717) is 0 Å². The molecule has 118 valence electrons. The predicted octanol–water partition coefficient (Wildman–Crippen LogP) is 2.09. The van der Waals surface area contributed by atoms with Crippen molar-refractivity contribution in [3.8, 4) is 0 Å². The summed E-state index contributed by atoms with van der Waals surface area (Å²) in [5.74, 6) is 0. The number of hydrogen-bond donors (Lipinski definition) is 0. The van der Waals surface area contributed by atoms with E-state index in [1.807, 2.05) is 0 Å². The van der Waals surface area contributed by atoms with Gasteiger partial charge in [0.05, 0.1) is 17.9 Å². The van der Waals surface area contributed by atoms with Gasteiger partial charge >= 0.3 is 0 Å². The summed E-state index contributed by atoms with van der Waals surface area (Å²) in [6.45, 7) is 9.14. The number of nitrogens with zero attached hydrogens (tertiary/aromatic N) is 4. The fraction of sp³-hybridized carbons (Fsp3) is 0.562. The average Bonchev–Trinajstić information content (AvgIpc) is 2.89. The first-order valence-electron chi connectivity index (χ1n) is 7.56. The van der Waals surface area contributed by atoms with E-state index in [0.717, 1.165) is 48.0 Å². The van der Waals surface area contributed by atoms with E-state index in [1.165, 1.54) is 4.68 Å². The molecule has 0 bridgehead atoms. The lowest BCUT2D eigenvalue weighted by Gasteiger charge is -2.27. The van der Waals surface area contributed by atoms with E-state index in [9.17, 15) is 4.79 Å². The van der Waals surface area contributed by atoms with Crippen LogP contribution in [0.5, 0.6) is 0 Å². The Morgan fingerprint density at radius 1 is 1.36 bits per heavy atom. The quantitative estimate of drug-likeness (QED) is 0.851. The van der Waals surface area contributed by atoms with Crippen LogP contribution in [-0.2, 0) is 32.0 Å². The number of hydrogen-bond acceptors (Lipinski definition) is 5. The van der Waals surface area contributed by atoms with Gasteiger partial charge in [0, 0.05) is 43.4 Å². The van der Waals surface area contributed by atoms with Crippen molar-refractivity contribution in [3.63, 3.8) is 0 Å². The highest BCUT2D eigenvalue weighted by atomic mass is 32.1. The van der Waals surface area contributed by atoms with Crippen LogP contribution in [0, 0.1) is 0 Å². The second-order valence-corrected chi connectivity index (χ2v) is 7.86. The zero-order valence-electron chi connectivity index (χ0n) is 13.6. The fourth-order valence-electron chi connectivity index (χ4n) is 2.61. The summed E-state index contributed by atoms with van der Waals surface area (Å²) in [5, 5.41) is 7.66. The summed E-state index contributed by atoms with van der Waals surface area (Å²) in [4.78, 5) is 18.8. The van der Waals surface area contributed by atoms with Crippen LogP contribution in [0.2, 0.25) is 0 Å². The molecule has 22 heavy (non-hydrogen) atoms. The van der Waals surface area contributed by atoms with Gasteiger partial charge in [-0.25, -0.2) is 9.67 Å². The highest BCUT2D eigenvalue weighted by Crippen LogP contribution is 2.25. The number of thiazole rings is 1. The standard InChI is InChI=1S/C16H22N4OS/c1-16(2,3)13-10-22-14(17-13)9-20-6-5-12-11(8-20)7-15(21)19(4)18-12/h7,10H,5-6,8-9H2,1-4H3. The highest BCUT2D eigenvalue weighted by Gasteiger charge is 2.21. The Morgan fingerprint density at radius 2 is 2.14 bits per heavy atom. The Labute approximate surface area is 134 Å². The van der Waals surface area contributed by atoms with E-state index >= 15 is 0 Å². The minimum atomic E-state index is -0.0372. The minimum absolute atomic E-state index is 0.0372. The lowest BCUT2D eigenvalue weighted by molar-refractivity contribution is 0.240. The fourth-order valence-corrected chi connectivity index (χ4v) is 3.67. The van der Waals surface area contributed by atoms with Crippen LogP contribution in [0.3, 0.4) is 0 Å². The van der Waals surface area contributed by atoms with Crippen LogP contribution >= 0.6 is 11.3 Å². The zero-order valence-corrected chi connectivity index (χ0v) is 14.4. The van der Waals surface area contributed by atoms with Crippen molar-refractivity contribution in [1.29, 1.82) is 0 Å². The molecule has 0 unspecified atom stereocenters. The van der Waals surface area contributed by atoms with Crippen molar-refractivity contribution in [3.05, 3.63) is 43.8 Å². The van der Waals surface area contributed by atoms with Crippen LogP contribution in [-0.4, -0.2) is 26.2 Å². The molecular weight excluding hydrogens is 296 g/mol. The second kappa shape index (κ2) is 5.59. The molecule has 0 saturated heterocycles. The Hall–Kier alpha value is -1.53. The summed E-state index contributed by atoms with van der Waals surface area (Å²) in [7, 11) is 1.71. The highest BCUT2D eigenvalue weighted by molar-refractivity contribution is 7.09. The Bertz CT molecular complexity index is 741. The first-order chi connectivity index (χ1) is 10.3. The first-order valence-corrected chi connectivity index (χ1v) is 8.44. The van der Waals surface area contributed by atoms with Gasteiger partial charge in [-0.1, -0.05) is 20.8 Å². The van der Waals surface area contributed by atoms with Crippen LogP contribution in [0.1, 0.15) is 42.7 Å². The molecule has 0 radical (unpaired) electrons. The lowest BCUT2D eigenvalue weighted by atomic mass is 9.93. The molecule has 2 aromatic heterocycles. The molecule has 0 aliphatic carbocycles. The molecule has 0 spiro atoms. The van der Waals surface area contributed by atoms with Crippen molar-refractivity contribution in [2.75, 3.05) is 6.54 Å². The van der Waals surface area contributed by atoms with Crippen molar-refractivity contribution < 1.29 is 0 Å². The SMILES string of the molecule is Cn1nc2c(cc1=O)CN(Cc1nc(C(C)(C)C)cs1)CC2. The van der Waals surface area contributed by atoms with E-state index < -0.39 is 0 Å². The van der Waals surface area contributed by atoms with Crippen molar-refractivity contribution in [1.82, 2.24) is 19.7 Å². The van der Waals surface area contributed by atoms with Gasteiger partial charge in [0.2, 0.25) is 0 Å². The third-order valence-corrected chi connectivity index (χ3v) is 4.83. The largest absolute Gasteiger partial charge is 0.292 e. The van der Waals surface area contributed by atoms with E-state index in [2.05, 4.69) is 36.1 Å². The van der Waals surface area contributed by atoms with Gasteiger partial charge in [0.25, 0.3) is 5.56 Å². The number of fused-ring (bicyclic) bond motifs is 1. The maximum atomic E-state index is 11.7. The normalized spacial score (nSPS) is 15.8. The second-order valence-electron chi connectivity index (χ2n) is 6.92. The van der Waals surface area contributed by atoms with Crippen LogP contribution < -0.4 is 5.56 Å². The summed E-state index contributed by atoms with van der Waals surface area (Å²) in [6, 6.07) is 1.72. The summed E-state index contributed by atoms with van der Waals surface area (Å²) in [6.07, 6.45) is 0.890. The number of aryl methyl sites for hydroxylation is 1. The molecule has 0 N–H and O–H groups in total. The smallest absolute Gasteiger partial charge is 0.266 e. The minimum Gasteiger partial charge on any atom is -0.292 e. The Morgan fingerprint density at radius 3 is 2.82 bits per heavy atom. The molecule has 0 atom stereocenters. The van der Waals surface area contributed by atoms with E-state index in [1.54, 1.807) is 24.5 Å². The molecule has 0 aromatic carbocycles. The third-order valence-electron chi connectivity index (χ3n) is 4.00. The summed E-state index contributed by atoms with van der Waals surface area (Å²) < 4.78 is 1.42. The van der Waals surface area contributed by atoms with Gasteiger partial charge < -0.3 is 0 Å². The molecular formula is C16H22N4OS. The Kier molecular flexibility index (Phi) is 3.91. The molecule has 3 heterocycles. The predicted molar refractivity (Wildman–Crippen MR) is 88.1 cm³/mol. The van der Waals surface area contributed by atoms with Crippen LogP contribution in [0.15, 0.2) is 16.2 Å². The van der Waals surface area contributed by atoms with Gasteiger partial charge in [0.1, 0.15) is 5.01 Å². The lowest BCUT2D eigenvalue weighted by Crippen LogP contribution is -2.34. The summed E-state index contributed by atoms with van der Waals surface area (Å²) in [5.41, 5.74) is 3.32. The summed E-state index contributed by atoms with van der Waals surface area (Å²) >= 11 is 1.72. The van der Waals surface area contributed by atoms with Crippen LogP contribution in [0.4, 0.5) is 0 Å². The van der Waals surface area contributed by atoms with Crippen molar-refractivity contribution in [2.24, 2.45) is 7.05 Å². The average molecular weight is 318 g/mol. The zero-order chi connectivity index (χ0) is 15.9. The number of aromatic nitrogens is 3. The van der Waals surface area contributed by atoms with Crippen molar-refractivity contribution in [2.45, 2.75) is 45.7 Å². The van der Waals surface area contributed by atoms with E-state index in [-0.39, 0.29) is 11.0 Å². The van der Waals surface area contributed by atoms with E-state index in [4.69, 9.17) is 4.98 Å². The number of rotatable bonds is 2. The van der Waals surface area contributed by atoms with Crippen LogP contribution in [0.25, 0.3) is 0 Å². The van der Waals surface area contributed by atoms with Gasteiger partial charge in [-0.3, -0.25) is 9.69 Å². The first kappa shape index (κ1) is 15.4. The molecule has 6 heteroatoms. The molecule has 1 aliphatic rings. The van der Waals surface area contributed by atoms with Gasteiger partial charge in [0.15, 0.2) is 0 Å². The molecule has 5 nitrogen and oxygen atoms in total. The van der Waals surface area contributed by atoms with Gasteiger partial charge in [-0.05, 0) is 5.56 Å². The maximum absolute atomic E-state index is 11.7. The maximum Gasteiger partial charge on any atom is 0.266 e. The molecule has 0 amide bonds. The van der Waals surface area contributed by atoms with Crippen molar-refractivity contribution >= 4 is 11.3 Å².